The van der Waals surface area contributed by atoms with E-state index in [1.807, 2.05) is 6.92 Å². The van der Waals surface area contributed by atoms with Crippen molar-refractivity contribution in [3.63, 3.8) is 0 Å². The molecule has 0 bridgehead atoms. The van der Waals surface area contributed by atoms with Gasteiger partial charge in [-0.25, -0.2) is 0 Å². The van der Waals surface area contributed by atoms with Crippen LogP contribution in [0.3, 0.4) is 0 Å². The number of rotatable bonds is 8. The standard InChI is InChI=1S/C13H25NO3/c1-2-17-10-4-9-14-8-3-5-12(11-14)6-7-13(15)16/h12H,2-11H2,1H3,(H,15,16). The minimum atomic E-state index is -0.668. The zero-order valence-electron chi connectivity index (χ0n) is 10.9. The van der Waals surface area contributed by atoms with Crippen LogP contribution in [0.1, 0.15) is 39.0 Å². The van der Waals surface area contributed by atoms with Crippen molar-refractivity contribution in [2.75, 3.05) is 32.8 Å². The Morgan fingerprint density at radius 3 is 3.06 bits per heavy atom. The van der Waals surface area contributed by atoms with E-state index in [1.165, 1.54) is 12.8 Å². The molecular formula is C13H25NO3. The molecule has 4 nitrogen and oxygen atoms in total. The van der Waals surface area contributed by atoms with Crippen molar-refractivity contribution < 1.29 is 14.6 Å². The van der Waals surface area contributed by atoms with Crippen LogP contribution in [0.25, 0.3) is 0 Å². The first kappa shape index (κ1) is 14.5. The number of piperidine rings is 1. The molecule has 1 saturated heterocycles. The summed E-state index contributed by atoms with van der Waals surface area (Å²) in [4.78, 5) is 13.0. The maximum absolute atomic E-state index is 10.5. The molecule has 0 radical (unpaired) electrons. The Labute approximate surface area is 104 Å². The quantitative estimate of drug-likeness (QED) is 0.662. The molecule has 1 unspecified atom stereocenters. The summed E-state index contributed by atoms with van der Waals surface area (Å²) < 4.78 is 5.33. The normalized spacial score (nSPS) is 21.6. The van der Waals surface area contributed by atoms with E-state index in [2.05, 4.69) is 4.90 Å². The number of carboxylic acid groups (broad SMARTS) is 1. The van der Waals surface area contributed by atoms with Gasteiger partial charge in [0, 0.05) is 32.7 Å². The fraction of sp³-hybridized carbons (Fsp3) is 0.923. The molecule has 0 aliphatic carbocycles. The molecule has 0 aromatic heterocycles. The van der Waals surface area contributed by atoms with E-state index in [1.54, 1.807) is 0 Å². The number of hydrogen-bond donors (Lipinski definition) is 1. The molecule has 4 heteroatoms. The Morgan fingerprint density at radius 2 is 2.35 bits per heavy atom. The maximum Gasteiger partial charge on any atom is 0.303 e. The lowest BCUT2D eigenvalue weighted by Crippen LogP contribution is -2.36. The molecule has 1 heterocycles. The Morgan fingerprint density at radius 1 is 1.53 bits per heavy atom. The molecule has 0 aromatic rings. The van der Waals surface area contributed by atoms with Crippen LogP contribution < -0.4 is 0 Å². The highest BCUT2D eigenvalue weighted by Crippen LogP contribution is 2.20. The Kier molecular flexibility index (Phi) is 7.21. The summed E-state index contributed by atoms with van der Waals surface area (Å²) in [7, 11) is 0. The number of hydrogen-bond acceptors (Lipinski definition) is 3. The van der Waals surface area contributed by atoms with Crippen molar-refractivity contribution in [1.29, 1.82) is 0 Å². The van der Waals surface area contributed by atoms with E-state index < -0.39 is 5.97 Å². The van der Waals surface area contributed by atoms with Gasteiger partial charge in [-0.3, -0.25) is 4.79 Å². The Bertz CT molecular complexity index is 221. The van der Waals surface area contributed by atoms with Gasteiger partial charge in [0.2, 0.25) is 0 Å². The first-order valence-corrected chi connectivity index (χ1v) is 6.74. The molecular weight excluding hydrogens is 218 g/mol. The lowest BCUT2D eigenvalue weighted by Gasteiger charge is -2.32. The minimum absolute atomic E-state index is 0.317. The van der Waals surface area contributed by atoms with E-state index in [-0.39, 0.29) is 0 Å². The molecule has 17 heavy (non-hydrogen) atoms. The van der Waals surface area contributed by atoms with E-state index in [9.17, 15) is 4.79 Å². The van der Waals surface area contributed by atoms with Gasteiger partial charge < -0.3 is 14.7 Å². The minimum Gasteiger partial charge on any atom is -0.481 e. The van der Waals surface area contributed by atoms with Gasteiger partial charge in [-0.15, -0.1) is 0 Å². The van der Waals surface area contributed by atoms with Crippen LogP contribution in [0.5, 0.6) is 0 Å². The van der Waals surface area contributed by atoms with Crippen molar-refractivity contribution in [3.8, 4) is 0 Å². The van der Waals surface area contributed by atoms with Crippen molar-refractivity contribution >= 4 is 5.97 Å². The molecule has 1 atom stereocenters. The van der Waals surface area contributed by atoms with Gasteiger partial charge in [-0.1, -0.05) is 0 Å². The third-order valence-electron chi connectivity index (χ3n) is 3.34. The molecule has 1 aliphatic rings. The number of nitrogens with zero attached hydrogens (tertiary/aromatic N) is 1. The zero-order chi connectivity index (χ0) is 12.5. The highest BCUT2D eigenvalue weighted by Gasteiger charge is 2.19. The molecule has 1 rings (SSSR count). The average Bonchev–Trinajstić information content (AvgIpc) is 2.33. The largest absolute Gasteiger partial charge is 0.481 e. The summed E-state index contributed by atoms with van der Waals surface area (Å²) in [5.41, 5.74) is 0. The van der Waals surface area contributed by atoms with Crippen LogP contribution in [0.4, 0.5) is 0 Å². The number of ether oxygens (including phenoxy) is 1. The second-order valence-corrected chi connectivity index (χ2v) is 4.79. The lowest BCUT2D eigenvalue weighted by atomic mass is 9.93. The van der Waals surface area contributed by atoms with Gasteiger partial charge in [0.1, 0.15) is 0 Å². The molecule has 1 N–H and O–H groups in total. The summed E-state index contributed by atoms with van der Waals surface area (Å²) in [6.07, 6.45) is 4.63. The van der Waals surface area contributed by atoms with Gasteiger partial charge >= 0.3 is 5.97 Å². The van der Waals surface area contributed by atoms with Gasteiger partial charge in [0.25, 0.3) is 0 Å². The third-order valence-corrected chi connectivity index (χ3v) is 3.34. The van der Waals surface area contributed by atoms with E-state index in [0.29, 0.717) is 12.3 Å². The highest BCUT2D eigenvalue weighted by atomic mass is 16.5. The van der Waals surface area contributed by atoms with Crippen molar-refractivity contribution in [1.82, 2.24) is 4.90 Å². The lowest BCUT2D eigenvalue weighted by molar-refractivity contribution is -0.137. The van der Waals surface area contributed by atoms with E-state index in [0.717, 1.165) is 45.7 Å². The summed E-state index contributed by atoms with van der Waals surface area (Å²) in [6.45, 7) is 6.97. The van der Waals surface area contributed by atoms with Gasteiger partial charge in [0.15, 0.2) is 0 Å². The maximum atomic E-state index is 10.5. The number of carbonyl (C=O) groups is 1. The van der Waals surface area contributed by atoms with Crippen molar-refractivity contribution in [3.05, 3.63) is 0 Å². The van der Waals surface area contributed by atoms with Crippen molar-refractivity contribution in [2.45, 2.75) is 39.0 Å². The predicted molar refractivity (Wildman–Crippen MR) is 67.1 cm³/mol. The summed E-state index contributed by atoms with van der Waals surface area (Å²) in [5, 5.41) is 8.68. The van der Waals surface area contributed by atoms with Crippen LogP contribution in [-0.2, 0) is 9.53 Å². The summed E-state index contributed by atoms with van der Waals surface area (Å²) in [6, 6.07) is 0. The van der Waals surface area contributed by atoms with Gasteiger partial charge in [-0.2, -0.15) is 0 Å². The molecule has 0 saturated carbocycles. The highest BCUT2D eigenvalue weighted by molar-refractivity contribution is 5.66. The monoisotopic (exact) mass is 243 g/mol. The van der Waals surface area contributed by atoms with Crippen LogP contribution in [0.2, 0.25) is 0 Å². The van der Waals surface area contributed by atoms with E-state index >= 15 is 0 Å². The molecule has 0 spiro atoms. The first-order chi connectivity index (χ1) is 8.22. The Balaban J connectivity index is 2.12. The fourth-order valence-corrected chi connectivity index (χ4v) is 2.45. The molecule has 1 aliphatic heterocycles. The SMILES string of the molecule is CCOCCCN1CCCC(CCC(=O)O)C1. The van der Waals surface area contributed by atoms with Crippen LogP contribution in [0.15, 0.2) is 0 Å². The van der Waals surface area contributed by atoms with Crippen LogP contribution in [0, 0.1) is 5.92 Å². The predicted octanol–water partition coefficient (Wildman–Crippen LogP) is 1.99. The van der Waals surface area contributed by atoms with Gasteiger partial charge in [-0.05, 0) is 45.1 Å². The summed E-state index contributed by atoms with van der Waals surface area (Å²) >= 11 is 0. The number of likely N-dealkylation sites (tertiary alicyclic amines) is 1. The summed E-state index contributed by atoms with van der Waals surface area (Å²) in [5.74, 6) is -0.0922. The third kappa shape index (κ3) is 6.64. The second-order valence-electron chi connectivity index (χ2n) is 4.79. The zero-order valence-corrected chi connectivity index (χ0v) is 10.9. The van der Waals surface area contributed by atoms with Crippen LogP contribution in [-0.4, -0.2) is 48.8 Å². The van der Waals surface area contributed by atoms with Crippen LogP contribution >= 0.6 is 0 Å². The molecule has 100 valence electrons. The van der Waals surface area contributed by atoms with E-state index in [4.69, 9.17) is 9.84 Å². The van der Waals surface area contributed by atoms with Gasteiger partial charge in [0.05, 0.1) is 0 Å². The second kappa shape index (κ2) is 8.48. The molecule has 1 fully saturated rings. The number of carboxylic acids is 1. The van der Waals surface area contributed by atoms with Crippen molar-refractivity contribution in [2.24, 2.45) is 5.92 Å². The fourth-order valence-electron chi connectivity index (χ4n) is 2.45. The topological polar surface area (TPSA) is 49.8 Å². The molecule has 0 aromatic carbocycles. The molecule has 0 amide bonds. The Hall–Kier alpha value is -0.610. The number of aliphatic carboxylic acids is 1. The average molecular weight is 243 g/mol. The smallest absolute Gasteiger partial charge is 0.303 e. The first-order valence-electron chi connectivity index (χ1n) is 6.74.